The first-order valence-electron chi connectivity index (χ1n) is 5.23. The van der Waals surface area contributed by atoms with Gasteiger partial charge in [-0.05, 0) is 12.5 Å². The van der Waals surface area contributed by atoms with Crippen LogP contribution in [0, 0.1) is 0 Å². The van der Waals surface area contributed by atoms with Crippen molar-refractivity contribution in [3.8, 4) is 11.3 Å². The first-order valence-corrected chi connectivity index (χ1v) is 5.23. The van der Waals surface area contributed by atoms with Crippen LogP contribution in [-0.4, -0.2) is 21.5 Å². The summed E-state index contributed by atoms with van der Waals surface area (Å²) in [6, 6.07) is 2.01. The van der Waals surface area contributed by atoms with Gasteiger partial charge in [-0.2, -0.15) is 0 Å². The Kier molecular flexibility index (Phi) is 2.87. The summed E-state index contributed by atoms with van der Waals surface area (Å²) in [6.07, 6.45) is 6.71. The summed E-state index contributed by atoms with van der Waals surface area (Å²) in [5.41, 5.74) is 7.84. The Bertz CT molecular complexity index is 398. The number of aromatic nitrogens is 3. The van der Waals surface area contributed by atoms with E-state index in [9.17, 15) is 0 Å². The van der Waals surface area contributed by atoms with Crippen molar-refractivity contribution in [3.05, 3.63) is 30.5 Å². The molecule has 0 fully saturated rings. The molecule has 0 saturated carbocycles. The summed E-state index contributed by atoms with van der Waals surface area (Å²) >= 11 is 0. The van der Waals surface area contributed by atoms with Crippen LogP contribution in [0.2, 0.25) is 0 Å². The van der Waals surface area contributed by atoms with E-state index in [1.165, 1.54) is 0 Å². The minimum absolute atomic E-state index is 0.331. The molecule has 0 radical (unpaired) electrons. The predicted octanol–water partition coefficient (Wildman–Crippen LogP) is 1.86. The number of nitrogens with one attached hydrogen (secondary N) is 2. The van der Waals surface area contributed by atoms with Crippen LogP contribution in [-0.2, 0) is 0 Å². The highest BCUT2D eigenvalue weighted by molar-refractivity contribution is 5.57. The van der Waals surface area contributed by atoms with Crippen LogP contribution < -0.4 is 5.73 Å². The molecule has 1 unspecified atom stereocenters. The molecule has 0 aliphatic carbocycles. The third-order valence-electron chi connectivity index (χ3n) is 2.67. The molecule has 0 saturated heterocycles. The molecule has 80 valence electrons. The molecule has 2 aromatic rings. The molecule has 2 aromatic heterocycles. The van der Waals surface area contributed by atoms with Gasteiger partial charge in [-0.3, -0.25) is 0 Å². The quantitative estimate of drug-likeness (QED) is 0.711. The maximum Gasteiger partial charge on any atom is 0.110 e. The van der Waals surface area contributed by atoms with Gasteiger partial charge in [0.1, 0.15) is 5.82 Å². The van der Waals surface area contributed by atoms with Crippen molar-refractivity contribution in [1.82, 2.24) is 15.0 Å². The Balaban J connectivity index is 2.24. The fraction of sp³-hybridized carbons (Fsp3) is 0.364. The smallest absolute Gasteiger partial charge is 0.110 e. The SMILES string of the molecule is CCC(CN)c1ncc(-c2cc[nH]c2)[nH]1. The Labute approximate surface area is 88.9 Å². The lowest BCUT2D eigenvalue weighted by Gasteiger charge is -2.07. The summed E-state index contributed by atoms with van der Waals surface area (Å²) in [5.74, 6) is 1.31. The van der Waals surface area contributed by atoms with E-state index in [1.54, 1.807) is 0 Å². The molecule has 0 amide bonds. The number of aromatic amines is 2. The third kappa shape index (κ3) is 1.94. The topological polar surface area (TPSA) is 70.5 Å². The van der Waals surface area contributed by atoms with E-state index >= 15 is 0 Å². The second kappa shape index (κ2) is 4.31. The van der Waals surface area contributed by atoms with Crippen LogP contribution in [0.3, 0.4) is 0 Å². The zero-order valence-electron chi connectivity index (χ0n) is 8.83. The van der Waals surface area contributed by atoms with E-state index < -0.39 is 0 Å². The Morgan fingerprint density at radius 3 is 3.00 bits per heavy atom. The fourth-order valence-electron chi connectivity index (χ4n) is 1.65. The van der Waals surface area contributed by atoms with Crippen molar-refractivity contribution in [1.29, 1.82) is 0 Å². The normalized spacial score (nSPS) is 12.9. The van der Waals surface area contributed by atoms with E-state index in [0.717, 1.165) is 23.5 Å². The summed E-state index contributed by atoms with van der Waals surface area (Å²) in [6.45, 7) is 2.76. The highest BCUT2D eigenvalue weighted by Crippen LogP contribution is 2.20. The Hall–Kier alpha value is -1.55. The van der Waals surface area contributed by atoms with Gasteiger partial charge < -0.3 is 15.7 Å². The molecule has 0 spiro atoms. The Morgan fingerprint density at radius 1 is 1.53 bits per heavy atom. The minimum atomic E-state index is 0.331. The van der Waals surface area contributed by atoms with E-state index in [2.05, 4.69) is 21.9 Å². The molecule has 0 bridgehead atoms. The molecule has 0 aromatic carbocycles. The average molecular weight is 204 g/mol. The molecular formula is C11H16N4. The van der Waals surface area contributed by atoms with Gasteiger partial charge in [-0.15, -0.1) is 0 Å². The highest BCUT2D eigenvalue weighted by Gasteiger charge is 2.11. The van der Waals surface area contributed by atoms with Gasteiger partial charge in [0.15, 0.2) is 0 Å². The van der Waals surface area contributed by atoms with E-state index in [4.69, 9.17) is 5.73 Å². The maximum absolute atomic E-state index is 5.68. The van der Waals surface area contributed by atoms with Gasteiger partial charge in [0.25, 0.3) is 0 Å². The highest BCUT2D eigenvalue weighted by atomic mass is 14.9. The summed E-state index contributed by atoms with van der Waals surface area (Å²) in [4.78, 5) is 10.7. The van der Waals surface area contributed by atoms with Crippen molar-refractivity contribution in [3.63, 3.8) is 0 Å². The summed E-state index contributed by atoms with van der Waals surface area (Å²) in [7, 11) is 0. The van der Waals surface area contributed by atoms with Gasteiger partial charge in [0, 0.05) is 30.4 Å². The summed E-state index contributed by atoms with van der Waals surface area (Å²) < 4.78 is 0. The van der Waals surface area contributed by atoms with Crippen LogP contribution in [0.15, 0.2) is 24.7 Å². The van der Waals surface area contributed by atoms with Gasteiger partial charge in [-0.1, -0.05) is 6.92 Å². The molecule has 2 heterocycles. The van der Waals surface area contributed by atoms with E-state index in [0.29, 0.717) is 12.5 Å². The van der Waals surface area contributed by atoms with Crippen LogP contribution in [0.4, 0.5) is 0 Å². The summed E-state index contributed by atoms with van der Waals surface area (Å²) in [5, 5.41) is 0. The predicted molar refractivity (Wildman–Crippen MR) is 60.5 cm³/mol. The zero-order chi connectivity index (χ0) is 10.7. The second-order valence-electron chi connectivity index (χ2n) is 3.62. The largest absolute Gasteiger partial charge is 0.367 e. The van der Waals surface area contributed by atoms with Crippen molar-refractivity contribution < 1.29 is 0 Å². The molecule has 4 heteroatoms. The number of hydrogen-bond acceptors (Lipinski definition) is 2. The molecule has 2 rings (SSSR count). The van der Waals surface area contributed by atoms with Crippen molar-refractivity contribution in [2.45, 2.75) is 19.3 Å². The Morgan fingerprint density at radius 2 is 2.40 bits per heavy atom. The molecule has 4 nitrogen and oxygen atoms in total. The lowest BCUT2D eigenvalue weighted by atomic mass is 10.1. The van der Waals surface area contributed by atoms with Crippen LogP contribution in [0.1, 0.15) is 25.1 Å². The fourth-order valence-corrected chi connectivity index (χ4v) is 1.65. The number of nitrogens with two attached hydrogens (primary N) is 1. The van der Waals surface area contributed by atoms with Gasteiger partial charge in [0.05, 0.1) is 11.9 Å². The molecule has 1 atom stereocenters. The average Bonchev–Trinajstić information content (AvgIpc) is 2.89. The van der Waals surface area contributed by atoms with Crippen molar-refractivity contribution in [2.75, 3.05) is 6.54 Å². The van der Waals surface area contributed by atoms with E-state index in [-0.39, 0.29) is 0 Å². The van der Waals surface area contributed by atoms with Crippen LogP contribution in [0.5, 0.6) is 0 Å². The maximum atomic E-state index is 5.68. The van der Waals surface area contributed by atoms with Gasteiger partial charge in [0.2, 0.25) is 0 Å². The monoisotopic (exact) mass is 204 g/mol. The molecule has 0 aliphatic heterocycles. The van der Waals surface area contributed by atoms with Crippen molar-refractivity contribution in [2.24, 2.45) is 5.73 Å². The zero-order valence-corrected chi connectivity index (χ0v) is 8.83. The molecule has 0 aliphatic rings. The number of H-pyrrole nitrogens is 2. The van der Waals surface area contributed by atoms with Crippen LogP contribution in [0.25, 0.3) is 11.3 Å². The van der Waals surface area contributed by atoms with Gasteiger partial charge in [-0.25, -0.2) is 4.98 Å². The second-order valence-corrected chi connectivity index (χ2v) is 3.62. The number of hydrogen-bond donors (Lipinski definition) is 3. The number of nitrogens with zero attached hydrogens (tertiary/aromatic N) is 1. The first kappa shape index (κ1) is 9.98. The van der Waals surface area contributed by atoms with Crippen molar-refractivity contribution >= 4 is 0 Å². The molecular weight excluding hydrogens is 188 g/mol. The van der Waals surface area contributed by atoms with E-state index in [1.807, 2.05) is 24.7 Å². The number of rotatable bonds is 4. The minimum Gasteiger partial charge on any atom is -0.367 e. The lowest BCUT2D eigenvalue weighted by Crippen LogP contribution is -2.12. The van der Waals surface area contributed by atoms with Gasteiger partial charge >= 0.3 is 0 Å². The van der Waals surface area contributed by atoms with Crippen LogP contribution >= 0.6 is 0 Å². The third-order valence-corrected chi connectivity index (χ3v) is 2.67. The molecule has 15 heavy (non-hydrogen) atoms. The first-order chi connectivity index (χ1) is 7.35. The standard InChI is InChI=1S/C11H16N4/c1-2-8(5-12)11-14-7-10(15-11)9-3-4-13-6-9/h3-4,6-8,13H,2,5,12H2,1H3,(H,14,15). The number of imidazole rings is 1. The lowest BCUT2D eigenvalue weighted by molar-refractivity contribution is 0.639. The molecule has 4 N–H and O–H groups in total.